The molecule has 0 saturated heterocycles. The summed E-state index contributed by atoms with van der Waals surface area (Å²) in [5, 5.41) is 7.21. The number of carbonyl (C=O) groups excluding carboxylic acids is 3. The molecule has 0 heterocycles. The predicted molar refractivity (Wildman–Crippen MR) is 134 cm³/mol. The van der Waals surface area contributed by atoms with Crippen LogP contribution in [0.25, 0.3) is 0 Å². The number of hydrogen-bond donors (Lipinski definition) is 2. The molecule has 3 aromatic carbocycles. The number of hydrogen-bond acceptors (Lipinski definition) is 6. The Morgan fingerprint density at radius 3 is 2.26 bits per heavy atom. The van der Waals surface area contributed by atoms with Gasteiger partial charge in [0.15, 0.2) is 11.5 Å². The fourth-order valence-electron chi connectivity index (χ4n) is 2.89. The molecule has 9 heteroatoms. The van der Waals surface area contributed by atoms with Crippen LogP contribution in [0.15, 0.2) is 71.8 Å². The van der Waals surface area contributed by atoms with Gasteiger partial charge < -0.3 is 14.8 Å². The fraction of sp³-hybridized carbons (Fsp3) is 0.154. The van der Waals surface area contributed by atoms with E-state index in [1.165, 1.54) is 6.21 Å². The van der Waals surface area contributed by atoms with Crippen LogP contribution in [0.5, 0.6) is 11.5 Å². The van der Waals surface area contributed by atoms with Crippen LogP contribution in [0.1, 0.15) is 46.5 Å². The number of amides is 2. The number of nitrogens with one attached hydrogen (secondary N) is 2. The monoisotopic (exact) mass is 493 g/mol. The average molecular weight is 494 g/mol. The molecule has 0 bridgehead atoms. The molecular weight excluding hydrogens is 470 g/mol. The van der Waals surface area contributed by atoms with Gasteiger partial charge >= 0.3 is 5.97 Å². The van der Waals surface area contributed by atoms with Gasteiger partial charge in [0.05, 0.1) is 18.4 Å². The molecule has 180 valence electrons. The minimum absolute atomic E-state index is 0.107. The second kappa shape index (κ2) is 12.3. The number of anilines is 1. The summed E-state index contributed by atoms with van der Waals surface area (Å²) in [6, 6.07) is 17.7. The number of nitrogens with zero attached hydrogens (tertiary/aromatic N) is 1. The lowest BCUT2D eigenvalue weighted by Gasteiger charge is -2.11. The second-order valence-electron chi connectivity index (χ2n) is 7.21. The van der Waals surface area contributed by atoms with Crippen molar-refractivity contribution in [3.63, 3.8) is 0 Å². The van der Waals surface area contributed by atoms with Gasteiger partial charge in [0, 0.05) is 22.7 Å². The van der Waals surface area contributed by atoms with Gasteiger partial charge in [-0.25, -0.2) is 10.2 Å². The summed E-state index contributed by atoms with van der Waals surface area (Å²) in [5.74, 6) is -0.452. The standard InChI is InChI=1S/C26H24ClN3O5/c1-3-24(31)29-21-12-8-18(9-13-21)25(32)30-28-16-17-5-14-22(23(15-17)34-4-2)35-26(33)19-6-10-20(27)11-7-19/h5-16H,3-4H2,1-2H3,(H,29,31)(H,30,32). The van der Waals surface area contributed by atoms with Crippen molar-refractivity contribution in [1.29, 1.82) is 0 Å². The van der Waals surface area contributed by atoms with Crippen LogP contribution in [0.2, 0.25) is 5.02 Å². The molecule has 0 aliphatic carbocycles. The molecule has 0 radical (unpaired) electrons. The molecule has 2 N–H and O–H groups in total. The summed E-state index contributed by atoms with van der Waals surface area (Å²) in [4.78, 5) is 36.2. The Morgan fingerprint density at radius 2 is 1.60 bits per heavy atom. The first-order valence-electron chi connectivity index (χ1n) is 10.9. The summed E-state index contributed by atoms with van der Waals surface area (Å²) in [6.45, 7) is 3.93. The van der Waals surface area contributed by atoms with Crippen LogP contribution >= 0.6 is 11.6 Å². The molecule has 8 nitrogen and oxygen atoms in total. The lowest BCUT2D eigenvalue weighted by Crippen LogP contribution is -2.17. The first-order valence-corrected chi connectivity index (χ1v) is 11.2. The Morgan fingerprint density at radius 1 is 0.914 bits per heavy atom. The molecule has 0 aromatic heterocycles. The fourth-order valence-corrected chi connectivity index (χ4v) is 3.01. The topological polar surface area (TPSA) is 106 Å². The van der Waals surface area contributed by atoms with E-state index in [2.05, 4.69) is 15.8 Å². The molecule has 0 aliphatic heterocycles. The minimum Gasteiger partial charge on any atom is -0.490 e. The number of halogens is 1. The van der Waals surface area contributed by atoms with Gasteiger partial charge in [-0.2, -0.15) is 5.10 Å². The molecule has 3 rings (SSSR count). The van der Waals surface area contributed by atoms with Crippen molar-refractivity contribution >= 4 is 41.3 Å². The number of benzene rings is 3. The van der Waals surface area contributed by atoms with Crippen molar-refractivity contribution in [2.75, 3.05) is 11.9 Å². The van der Waals surface area contributed by atoms with E-state index >= 15 is 0 Å². The van der Waals surface area contributed by atoms with E-state index in [0.717, 1.165) is 0 Å². The highest BCUT2D eigenvalue weighted by atomic mass is 35.5. The van der Waals surface area contributed by atoms with Crippen LogP contribution in [-0.4, -0.2) is 30.6 Å². The Balaban J connectivity index is 1.64. The number of rotatable bonds is 9. The predicted octanol–water partition coefficient (Wildman–Crippen LogP) is 5.07. The highest BCUT2D eigenvalue weighted by molar-refractivity contribution is 6.30. The molecule has 0 aliphatic rings. The number of carbonyl (C=O) groups is 3. The lowest BCUT2D eigenvalue weighted by atomic mass is 10.2. The van der Waals surface area contributed by atoms with E-state index in [1.54, 1.807) is 73.7 Å². The first-order chi connectivity index (χ1) is 16.9. The molecule has 3 aromatic rings. The maximum absolute atomic E-state index is 12.4. The van der Waals surface area contributed by atoms with Crippen LogP contribution in [0, 0.1) is 0 Å². The quantitative estimate of drug-likeness (QED) is 0.187. The Bertz CT molecular complexity index is 1220. The number of ether oxygens (including phenoxy) is 2. The van der Waals surface area contributed by atoms with Crippen LogP contribution in [-0.2, 0) is 4.79 Å². The smallest absolute Gasteiger partial charge is 0.343 e. The second-order valence-corrected chi connectivity index (χ2v) is 7.65. The lowest BCUT2D eigenvalue weighted by molar-refractivity contribution is -0.115. The Kier molecular flexibility index (Phi) is 8.97. The zero-order valence-corrected chi connectivity index (χ0v) is 20.0. The molecule has 0 fully saturated rings. The Labute approximate surface area is 207 Å². The summed E-state index contributed by atoms with van der Waals surface area (Å²) in [7, 11) is 0. The summed E-state index contributed by atoms with van der Waals surface area (Å²) in [5.41, 5.74) is 4.42. The van der Waals surface area contributed by atoms with Crippen molar-refractivity contribution in [2.45, 2.75) is 20.3 Å². The van der Waals surface area contributed by atoms with Crippen molar-refractivity contribution in [2.24, 2.45) is 5.10 Å². The van der Waals surface area contributed by atoms with Crippen molar-refractivity contribution in [1.82, 2.24) is 5.43 Å². The zero-order valence-electron chi connectivity index (χ0n) is 19.2. The van der Waals surface area contributed by atoms with Crippen LogP contribution in [0.4, 0.5) is 5.69 Å². The van der Waals surface area contributed by atoms with E-state index in [1.807, 2.05) is 6.92 Å². The Hall–Kier alpha value is -4.17. The molecule has 0 spiro atoms. The van der Waals surface area contributed by atoms with Gasteiger partial charge in [-0.05, 0) is 79.2 Å². The maximum Gasteiger partial charge on any atom is 0.343 e. The number of hydrazone groups is 1. The van der Waals surface area contributed by atoms with Crippen molar-refractivity contribution in [3.8, 4) is 11.5 Å². The van der Waals surface area contributed by atoms with E-state index < -0.39 is 11.9 Å². The average Bonchev–Trinajstić information content (AvgIpc) is 2.86. The number of esters is 1. The van der Waals surface area contributed by atoms with Crippen molar-refractivity contribution in [3.05, 3.63) is 88.4 Å². The highest BCUT2D eigenvalue weighted by Crippen LogP contribution is 2.29. The van der Waals surface area contributed by atoms with Crippen molar-refractivity contribution < 1.29 is 23.9 Å². The minimum atomic E-state index is -0.545. The van der Waals surface area contributed by atoms with Gasteiger partial charge in [-0.1, -0.05) is 18.5 Å². The summed E-state index contributed by atoms with van der Waals surface area (Å²) >= 11 is 5.86. The largest absolute Gasteiger partial charge is 0.490 e. The van der Waals surface area contributed by atoms with E-state index in [0.29, 0.717) is 46.2 Å². The van der Waals surface area contributed by atoms with Gasteiger partial charge in [-0.3, -0.25) is 9.59 Å². The van der Waals surface area contributed by atoms with Crippen LogP contribution in [0.3, 0.4) is 0 Å². The van der Waals surface area contributed by atoms with E-state index in [4.69, 9.17) is 21.1 Å². The molecule has 0 atom stereocenters. The molecule has 0 saturated carbocycles. The molecule has 2 amide bonds. The normalized spacial score (nSPS) is 10.6. The zero-order chi connectivity index (χ0) is 25.2. The SMILES string of the molecule is CCOc1cc(C=NNC(=O)c2ccc(NC(=O)CC)cc2)ccc1OC(=O)c1ccc(Cl)cc1. The third kappa shape index (κ3) is 7.41. The summed E-state index contributed by atoms with van der Waals surface area (Å²) < 4.78 is 11.1. The van der Waals surface area contributed by atoms with Gasteiger partial charge in [0.2, 0.25) is 5.91 Å². The third-order valence-electron chi connectivity index (χ3n) is 4.68. The molecule has 0 unspecified atom stereocenters. The van der Waals surface area contributed by atoms with E-state index in [-0.39, 0.29) is 11.7 Å². The first kappa shape index (κ1) is 25.5. The van der Waals surface area contributed by atoms with Gasteiger partial charge in [-0.15, -0.1) is 0 Å². The summed E-state index contributed by atoms with van der Waals surface area (Å²) in [6.07, 6.45) is 1.81. The highest BCUT2D eigenvalue weighted by Gasteiger charge is 2.13. The molecule has 35 heavy (non-hydrogen) atoms. The van der Waals surface area contributed by atoms with Crippen LogP contribution < -0.4 is 20.2 Å². The third-order valence-corrected chi connectivity index (χ3v) is 4.93. The van der Waals surface area contributed by atoms with E-state index in [9.17, 15) is 14.4 Å². The maximum atomic E-state index is 12.4. The van der Waals surface area contributed by atoms with Gasteiger partial charge in [0.25, 0.3) is 5.91 Å². The van der Waals surface area contributed by atoms with Gasteiger partial charge in [0.1, 0.15) is 0 Å². The molecular formula is C26H24ClN3O5.